The van der Waals surface area contributed by atoms with Crippen molar-refractivity contribution in [1.82, 2.24) is 14.7 Å². The van der Waals surface area contributed by atoms with Gasteiger partial charge in [0.2, 0.25) is 5.91 Å². The van der Waals surface area contributed by atoms with E-state index in [1.54, 1.807) is 4.68 Å². The summed E-state index contributed by atoms with van der Waals surface area (Å²) in [6.45, 7) is 2.73. The van der Waals surface area contributed by atoms with Crippen LogP contribution in [0.4, 0.5) is 5.69 Å². The van der Waals surface area contributed by atoms with E-state index in [-0.39, 0.29) is 17.9 Å². The van der Waals surface area contributed by atoms with Gasteiger partial charge in [0.05, 0.1) is 17.2 Å². The van der Waals surface area contributed by atoms with Crippen LogP contribution in [0, 0.1) is 0 Å². The number of likely N-dealkylation sites (tertiary alicyclic amines) is 1. The zero-order valence-corrected chi connectivity index (χ0v) is 17.2. The summed E-state index contributed by atoms with van der Waals surface area (Å²) in [7, 11) is 1.88. The first kappa shape index (κ1) is 18.4. The molecule has 1 saturated heterocycles. The summed E-state index contributed by atoms with van der Waals surface area (Å²) in [5.74, 6) is 0.0788. The molecule has 2 aliphatic heterocycles. The zero-order valence-electron chi connectivity index (χ0n) is 17.2. The van der Waals surface area contributed by atoms with Crippen LogP contribution in [0.5, 0.6) is 0 Å². The second-order valence-electron chi connectivity index (χ2n) is 8.63. The minimum atomic E-state index is -0.638. The molecule has 1 aromatic carbocycles. The molecule has 0 unspecified atom stereocenters. The van der Waals surface area contributed by atoms with Crippen LogP contribution >= 0.6 is 0 Å². The molecule has 1 aromatic heterocycles. The van der Waals surface area contributed by atoms with Crippen molar-refractivity contribution in [1.29, 1.82) is 0 Å². The van der Waals surface area contributed by atoms with E-state index in [0.717, 1.165) is 66.7 Å². The van der Waals surface area contributed by atoms with Gasteiger partial charge in [-0.1, -0.05) is 31.5 Å². The predicted molar refractivity (Wildman–Crippen MR) is 111 cm³/mol. The quantitative estimate of drug-likeness (QED) is 0.872. The molecule has 2 aromatic rings. The van der Waals surface area contributed by atoms with Crippen molar-refractivity contribution in [3.63, 3.8) is 0 Å². The third-order valence-electron chi connectivity index (χ3n) is 7.10. The fourth-order valence-corrected chi connectivity index (χ4v) is 5.81. The molecular formula is C23H28N4O2. The Morgan fingerprint density at radius 3 is 2.90 bits per heavy atom. The van der Waals surface area contributed by atoms with E-state index in [1.807, 2.05) is 30.1 Å². The molecule has 1 aliphatic carbocycles. The number of aryl methyl sites for hydroxylation is 2. The van der Waals surface area contributed by atoms with Gasteiger partial charge in [0.25, 0.3) is 5.91 Å². The minimum Gasteiger partial charge on any atom is -0.333 e. The van der Waals surface area contributed by atoms with Gasteiger partial charge in [-0.25, -0.2) is 0 Å². The molecule has 6 heteroatoms. The van der Waals surface area contributed by atoms with Crippen LogP contribution in [0.15, 0.2) is 24.3 Å². The molecule has 1 N–H and O–H groups in total. The molecule has 1 fully saturated rings. The number of carbonyl (C=O) groups excluding carboxylic acids is 2. The molecule has 152 valence electrons. The average molecular weight is 393 g/mol. The lowest BCUT2D eigenvalue weighted by Gasteiger charge is -2.34. The Hall–Kier alpha value is -2.63. The lowest BCUT2D eigenvalue weighted by atomic mass is 9.73. The summed E-state index contributed by atoms with van der Waals surface area (Å²) in [4.78, 5) is 29.0. The van der Waals surface area contributed by atoms with Gasteiger partial charge in [-0.3, -0.25) is 14.3 Å². The Morgan fingerprint density at radius 1 is 1.28 bits per heavy atom. The highest BCUT2D eigenvalue weighted by molar-refractivity contribution is 6.08. The fourth-order valence-electron chi connectivity index (χ4n) is 5.81. The summed E-state index contributed by atoms with van der Waals surface area (Å²) >= 11 is 0. The number of fused-ring (bicyclic) bond motifs is 3. The van der Waals surface area contributed by atoms with E-state index in [2.05, 4.69) is 23.4 Å². The van der Waals surface area contributed by atoms with Gasteiger partial charge in [0.1, 0.15) is 5.69 Å². The number of para-hydroxylation sites is 1. The Labute approximate surface area is 171 Å². The molecule has 1 spiro atoms. The van der Waals surface area contributed by atoms with Crippen LogP contribution in [-0.2, 0) is 30.1 Å². The summed E-state index contributed by atoms with van der Waals surface area (Å²) in [5.41, 5.74) is 4.23. The standard InChI is InChI=1S/C23H28N4O2/c1-3-8-19-23(16-10-5-7-12-18(16)24-22(23)29)13-14-27(19)21(28)20-15-9-4-6-11-17(15)25-26(20)2/h5,7,10,12,19H,3-4,6,8-9,11,13-14H2,1-2H3,(H,24,29)/t19-,23+/m0/s1. The molecular weight excluding hydrogens is 364 g/mol. The van der Waals surface area contributed by atoms with Crippen LogP contribution in [0.25, 0.3) is 0 Å². The van der Waals surface area contributed by atoms with Gasteiger partial charge in [0.15, 0.2) is 0 Å². The predicted octanol–water partition coefficient (Wildman–Crippen LogP) is 3.20. The maximum absolute atomic E-state index is 13.8. The Kier molecular flexibility index (Phi) is 4.26. The number of anilines is 1. The number of hydrogen-bond donors (Lipinski definition) is 1. The van der Waals surface area contributed by atoms with Gasteiger partial charge in [0, 0.05) is 24.8 Å². The monoisotopic (exact) mass is 392 g/mol. The number of nitrogens with one attached hydrogen (secondary N) is 1. The van der Waals surface area contributed by atoms with Gasteiger partial charge >= 0.3 is 0 Å². The molecule has 5 rings (SSSR count). The summed E-state index contributed by atoms with van der Waals surface area (Å²) < 4.78 is 1.77. The molecule has 3 aliphatic rings. The van der Waals surface area contributed by atoms with Crippen molar-refractivity contribution in [2.45, 2.75) is 63.3 Å². The molecule has 0 bridgehead atoms. The first-order valence-electron chi connectivity index (χ1n) is 10.8. The molecule has 2 amide bonds. The zero-order chi connectivity index (χ0) is 20.2. The lowest BCUT2D eigenvalue weighted by Crippen LogP contribution is -2.49. The number of aromatic nitrogens is 2. The van der Waals surface area contributed by atoms with Crippen LogP contribution in [0.3, 0.4) is 0 Å². The lowest BCUT2D eigenvalue weighted by molar-refractivity contribution is -0.121. The van der Waals surface area contributed by atoms with E-state index in [1.165, 1.54) is 0 Å². The highest BCUT2D eigenvalue weighted by atomic mass is 16.2. The molecule has 3 heterocycles. The van der Waals surface area contributed by atoms with E-state index in [0.29, 0.717) is 13.0 Å². The first-order chi connectivity index (χ1) is 14.1. The second-order valence-corrected chi connectivity index (χ2v) is 8.63. The highest BCUT2D eigenvalue weighted by Gasteiger charge is 2.58. The van der Waals surface area contributed by atoms with E-state index < -0.39 is 5.41 Å². The second kappa shape index (κ2) is 6.71. The third-order valence-corrected chi connectivity index (χ3v) is 7.10. The summed E-state index contributed by atoms with van der Waals surface area (Å²) in [6, 6.07) is 7.83. The summed E-state index contributed by atoms with van der Waals surface area (Å²) in [6.07, 6.45) is 6.53. The number of amides is 2. The largest absolute Gasteiger partial charge is 0.333 e. The molecule has 0 saturated carbocycles. The van der Waals surface area contributed by atoms with Gasteiger partial charge in [-0.15, -0.1) is 0 Å². The normalized spacial score (nSPS) is 25.2. The topological polar surface area (TPSA) is 67.2 Å². The third kappa shape index (κ3) is 2.51. The maximum Gasteiger partial charge on any atom is 0.272 e. The van der Waals surface area contributed by atoms with Gasteiger partial charge in [-0.2, -0.15) is 5.10 Å². The van der Waals surface area contributed by atoms with Crippen molar-refractivity contribution < 1.29 is 9.59 Å². The molecule has 29 heavy (non-hydrogen) atoms. The van der Waals surface area contributed by atoms with E-state index >= 15 is 0 Å². The van der Waals surface area contributed by atoms with Crippen LogP contribution in [0.1, 0.15) is 66.3 Å². The van der Waals surface area contributed by atoms with E-state index in [4.69, 9.17) is 0 Å². The Morgan fingerprint density at radius 2 is 2.07 bits per heavy atom. The van der Waals surface area contributed by atoms with Crippen LogP contribution in [0.2, 0.25) is 0 Å². The summed E-state index contributed by atoms with van der Waals surface area (Å²) in [5, 5.41) is 7.72. The van der Waals surface area contributed by atoms with Crippen molar-refractivity contribution in [2.24, 2.45) is 7.05 Å². The van der Waals surface area contributed by atoms with Crippen molar-refractivity contribution in [3.05, 3.63) is 46.8 Å². The molecule has 2 atom stereocenters. The van der Waals surface area contributed by atoms with E-state index in [9.17, 15) is 9.59 Å². The van der Waals surface area contributed by atoms with Crippen molar-refractivity contribution >= 4 is 17.5 Å². The van der Waals surface area contributed by atoms with Gasteiger partial charge in [-0.05, 0) is 50.2 Å². The highest BCUT2D eigenvalue weighted by Crippen LogP contribution is 2.49. The van der Waals surface area contributed by atoms with Crippen molar-refractivity contribution in [3.8, 4) is 0 Å². The number of hydrogen-bond acceptors (Lipinski definition) is 3. The molecule has 0 radical (unpaired) electrons. The Bertz CT molecular complexity index is 995. The van der Waals surface area contributed by atoms with Gasteiger partial charge < -0.3 is 10.2 Å². The van der Waals surface area contributed by atoms with Crippen LogP contribution < -0.4 is 5.32 Å². The number of nitrogens with zero attached hydrogens (tertiary/aromatic N) is 3. The Balaban J connectivity index is 1.57. The fraction of sp³-hybridized carbons (Fsp3) is 0.522. The van der Waals surface area contributed by atoms with Crippen LogP contribution in [-0.4, -0.2) is 39.1 Å². The number of benzene rings is 1. The maximum atomic E-state index is 13.8. The molecule has 6 nitrogen and oxygen atoms in total. The average Bonchev–Trinajstić information content (AvgIpc) is 3.35. The smallest absolute Gasteiger partial charge is 0.272 e. The SMILES string of the molecule is CCC[C@@H]1N(C(=O)c2c3c(nn2C)CCCC3)CC[C@]12C(=O)Nc1ccccc12. The first-order valence-corrected chi connectivity index (χ1v) is 10.8. The number of rotatable bonds is 3. The minimum absolute atomic E-state index is 0.0376. The number of carbonyl (C=O) groups is 2. The van der Waals surface area contributed by atoms with Crippen molar-refractivity contribution in [2.75, 3.05) is 11.9 Å².